The van der Waals surface area contributed by atoms with Crippen molar-refractivity contribution in [1.29, 1.82) is 5.26 Å². The van der Waals surface area contributed by atoms with Crippen LogP contribution in [0, 0.1) is 11.3 Å². The lowest BCUT2D eigenvalue weighted by Gasteiger charge is -2.28. The number of hydrogen-bond acceptors (Lipinski definition) is 3. The zero-order chi connectivity index (χ0) is 20.1. The molecule has 0 saturated carbocycles. The van der Waals surface area contributed by atoms with Gasteiger partial charge in [-0.1, -0.05) is 54.9 Å². The van der Waals surface area contributed by atoms with Crippen LogP contribution in [0.2, 0.25) is 0 Å². The molecule has 1 aromatic carbocycles. The fourth-order valence-corrected chi connectivity index (χ4v) is 2.67. The number of nitrogens with zero attached hydrogens (tertiary/aromatic N) is 1. The molecule has 1 rings (SSSR count). The van der Waals surface area contributed by atoms with E-state index in [9.17, 15) is 15.2 Å². The number of unbranched alkanes of at least 4 members (excludes halogenated alkanes) is 1. The van der Waals surface area contributed by atoms with Gasteiger partial charge in [-0.3, -0.25) is 4.79 Å². The average molecular weight is 357 g/mol. The number of phenols is 1. The monoisotopic (exact) mass is 356 g/mol. The van der Waals surface area contributed by atoms with Gasteiger partial charge in [-0.25, -0.2) is 0 Å². The number of nitriles is 1. The number of rotatable bonds is 5. The van der Waals surface area contributed by atoms with Crippen molar-refractivity contribution in [3.8, 4) is 11.8 Å². The molecule has 0 saturated heterocycles. The van der Waals surface area contributed by atoms with Gasteiger partial charge in [0.25, 0.3) is 5.91 Å². The van der Waals surface area contributed by atoms with E-state index in [1.165, 1.54) is 0 Å². The molecule has 2 N–H and O–H groups in total. The van der Waals surface area contributed by atoms with Gasteiger partial charge in [-0.2, -0.15) is 5.26 Å². The number of phenolic OH excluding ortho intramolecular Hbond substituents is 1. The minimum Gasteiger partial charge on any atom is -0.507 e. The van der Waals surface area contributed by atoms with E-state index in [0.717, 1.165) is 29.5 Å². The highest BCUT2D eigenvalue weighted by Gasteiger charge is 2.26. The molecular weight excluding hydrogens is 324 g/mol. The van der Waals surface area contributed by atoms with Crippen molar-refractivity contribution in [2.75, 3.05) is 6.54 Å². The quantitative estimate of drug-likeness (QED) is 0.452. The normalized spacial score (nSPS) is 12.6. The van der Waals surface area contributed by atoms with Crippen molar-refractivity contribution < 1.29 is 9.90 Å². The van der Waals surface area contributed by atoms with Crippen molar-refractivity contribution in [3.63, 3.8) is 0 Å². The van der Waals surface area contributed by atoms with Crippen LogP contribution >= 0.6 is 0 Å². The van der Waals surface area contributed by atoms with Crippen LogP contribution in [-0.2, 0) is 15.6 Å². The van der Waals surface area contributed by atoms with Crippen LogP contribution in [0.1, 0.15) is 78.0 Å². The highest BCUT2D eigenvalue weighted by atomic mass is 16.3. The molecule has 0 unspecified atom stereocenters. The first-order chi connectivity index (χ1) is 11.9. The molecule has 0 bridgehead atoms. The van der Waals surface area contributed by atoms with Crippen molar-refractivity contribution in [2.24, 2.45) is 0 Å². The Bertz CT molecular complexity index is 691. The first-order valence-corrected chi connectivity index (χ1v) is 9.19. The minimum absolute atomic E-state index is 0.0755. The van der Waals surface area contributed by atoms with Gasteiger partial charge < -0.3 is 10.4 Å². The maximum atomic E-state index is 12.2. The van der Waals surface area contributed by atoms with Crippen LogP contribution in [0.25, 0.3) is 6.08 Å². The summed E-state index contributed by atoms with van der Waals surface area (Å²) >= 11 is 0. The maximum absolute atomic E-state index is 12.2. The van der Waals surface area contributed by atoms with E-state index in [1.807, 2.05) is 66.7 Å². The number of carbonyl (C=O) groups is 1. The second-order valence-corrected chi connectivity index (χ2v) is 8.74. The van der Waals surface area contributed by atoms with Gasteiger partial charge >= 0.3 is 0 Å². The van der Waals surface area contributed by atoms with E-state index in [4.69, 9.17) is 0 Å². The first-order valence-electron chi connectivity index (χ1n) is 9.19. The molecule has 0 aromatic heterocycles. The van der Waals surface area contributed by atoms with Gasteiger partial charge in [-0.05, 0) is 41.0 Å². The first kappa shape index (κ1) is 21.8. The summed E-state index contributed by atoms with van der Waals surface area (Å²) in [7, 11) is 0. The second kappa shape index (κ2) is 8.40. The number of aromatic hydroxyl groups is 1. The summed E-state index contributed by atoms with van der Waals surface area (Å²) < 4.78 is 0. The SMILES string of the molecule is CCCCNC(=O)/C(C#N)=C/c1cc(C(C)(C)C)c(O)c(C(C)(C)C)c1. The predicted molar refractivity (Wildman–Crippen MR) is 107 cm³/mol. The van der Waals surface area contributed by atoms with Crippen molar-refractivity contribution in [1.82, 2.24) is 5.32 Å². The molecule has 4 nitrogen and oxygen atoms in total. The van der Waals surface area contributed by atoms with Gasteiger partial charge in [-0.15, -0.1) is 0 Å². The Morgan fingerprint density at radius 1 is 1.15 bits per heavy atom. The minimum atomic E-state index is -0.358. The third-order valence-electron chi connectivity index (χ3n) is 4.24. The highest BCUT2D eigenvalue weighted by Crippen LogP contribution is 2.40. The summed E-state index contributed by atoms with van der Waals surface area (Å²) in [5.74, 6) is -0.0725. The Morgan fingerprint density at radius 2 is 1.65 bits per heavy atom. The van der Waals surface area contributed by atoms with Gasteiger partial charge in [0.05, 0.1) is 0 Å². The van der Waals surface area contributed by atoms with Crippen LogP contribution in [0.15, 0.2) is 17.7 Å². The zero-order valence-electron chi connectivity index (χ0n) is 17.2. The Hall–Kier alpha value is -2.28. The zero-order valence-corrected chi connectivity index (χ0v) is 17.2. The second-order valence-electron chi connectivity index (χ2n) is 8.74. The molecule has 0 aliphatic carbocycles. The number of amides is 1. The fourth-order valence-electron chi connectivity index (χ4n) is 2.67. The van der Waals surface area contributed by atoms with Gasteiger partial charge in [0.15, 0.2) is 0 Å². The van der Waals surface area contributed by atoms with E-state index in [0.29, 0.717) is 6.54 Å². The Balaban J connectivity index is 3.43. The summed E-state index contributed by atoms with van der Waals surface area (Å²) in [5.41, 5.74) is 1.92. The van der Waals surface area contributed by atoms with Crippen molar-refractivity contribution >= 4 is 12.0 Å². The number of hydrogen-bond donors (Lipinski definition) is 2. The van der Waals surface area contributed by atoms with Gasteiger partial charge in [0, 0.05) is 17.7 Å². The number of carbonyl (C=O) groups excluding carboxylic acids is 1. The molecule has 142 valence electrons. The maximum Gasteiger partial charge on any atom is 0.261 e. The van der Waals surface area contributed by atoms with Crippen LogP contribution in [0.4, 0.5) is 0 Å². The van der Waals surface area contributed by atoms with Crippen LogP contribution in [-0.4, -0.2) is 17.6 Å². The van der Waals surface area contributed by atoms with Crippen LogP contribution in [0.3, 0.4) is 0 Å². The molecule has 0 atom stereocenters. The molecule has 0 radical (unpaired) electrons. The van der Waals surface area contributed by atoms with E-state index < -0.39 is 0 Å². The van der Waals surface area contributed by atoms with E-state index >= 15 is 0 Å². The molecule has 0 fully saturated rings. The van der Waals surface area contributed by atoms with Gasteiger partial charge in [0.1, 0.15) is 17.4 Å². The largest absolute Gasteiger partial charge is 0.507 e. The molecule has 1 aromatic rings. The molecular formula is C22H32N2O2. The summed E-state index contributed by atoms with van der Waals surface area (Å²) in [4.78, 5) is 12.2. The molecule has 4 heteroatoms. The van der Waals surface area contributed by atoms with Gasteiger partial charge in [0.2, 0.25) is 0 Å². The summed E-state index contributed by atoms with van der Waals surface area (Å²) in [6.45, 7) is 14.8. The van der Waals surface area contributed by atoms with Crippen LogP contribution < -0.4 is 5.32 Å². The lowest BCUT2D eigenvalue weighted by Crippen LogP contribution is -2.25. The smallest absolute Gasteiger partial charge is 0.261 e. The Morgan fingerprint density at radius 3 is 2.04 bits per heavy atom. The third-order valence-corrected chi connectivity index (χ3v) is 4.24. The average Bonchev–Trinajstić information content (AvgIpc) is 2.51. The molecule has 0 aliphatic rings. The summed E-state index contributed by atoms with van der Waals surface area (Å²) in [6, 6.07) is 5.72. The van der Waals surface area contributed by atoms with Crippen molar-refractivity contribution in [2.45, 2.75) is 72.1 Å². The number of benzene rings is 1. The van der Waals surface area contributed by atoms with Crippen molar-refractivity contribution in [3.05, 3.63) is 34.4 Å². The summed E-state index contributed by atoms with van der Waals surface area (Å²) in [5, 5.41) is 22.9. The Kier molecular flexibility index (Phi) is 7.03. The molecule has 0 aliphatic heterocycles. The van der Waals surface area contributed by atoms with E-state index in [-0.39, 0.29) is 28.1 Å². The Labute approximate surface area is 157 Å². The third kappa shape index (κ3) is 5.62. The van der Waals surface area contributed by atoms with Crippen LogP contribution in [0.5, 0.6) is 5.75 Å². The highest BCUT2D eigenvalue weighted by molar-refractivity contribution is 6.01. The molecule has 26 heavy (non-hydrogen) atoms. The molecule has 1 amide bonds. The van der Waals surface area contributed by atoms with E-state index in [1.54, 1.807) is 6.08 Å². The molecule has 0 spiro atoms. The molecule has 0 heterocycles. The lowest BCUT2D eigenvalue weighted by atomic mass is 9.78. The topological polar surface area (TPSA) is 73.1 Å². The predicted octanol–water partition coefficient (Wildman–Crippen LogP) is 4.81. The lowest BCUT2D eigenvalue weighted by molar-refractivity contribution is -0.117. The van der Waals surface area contributed by atoms with E-state index in [2.05, 4.69) is 5.32 Å². The fraction of sp³-hybridized carbons (Fsp3) is 0.545. The summed E-state index contributed by atoms with van der Waals surface area (Å²) in [6.07, 6.45) is 3.46. The number of nitrogens with one attached hydrogen (secondary N) is 1. The standard InChI is InChI=1S/C22H32N2O2/c1-8-9-10-24-20(26)16(14-23)11-15-12-17(21(2,3)4)19(25)18(13-15)22(5,6)7/h11-13,25H,8-10H2,1-7H3,(H,24,26)/b16-11+.